The normalized spacial score (nSPS) is 13.2. The van der Waals surface area contributed by atoms with Crippen LogP contribution in [-0.4, -0.2) is 40.1 Å². The van der Waals surface area contributed by atoms with E-state index in [0.29, 0.717) is 54.9 Å². The molecule has 0 atom stereocenters. The van der Waals surface area contributed by atoms with Crippen LogP contribution in [0.3, 0.4) is 0 Å². The van der Waals surface area contributed by atoms with Crippen molar-refractivity contribution in [1.29, 1.82) is 0 Å². The maximum atomic E-state index is 14.6. The Morgan fingerprint density at radius 2 is 1.85 bits per heavy atom. The maximum Gasteiger partial charge on any atom is 0.266 e. The largest absolute Gasteiger partial charge is 0.494 e. The summed E-state index contributed by atoms with van der Waals surface area (Å²) in [7, 11) is 1.62. The zero-order valence-electron chi connectivity index (χ0n) is 22.4. The molecule has 1 amide bonds. The lowest BCUT2D eigenvalue weighted by Crippen LogP contribution is -2.25. The van der Waals surface area contributed by atoms with Crippen molar-refractivity contribution < 1.29 is 18.7 Å². The number of amides is 1. The van der Waals surface area contributed by atoms with Gasteiger partial charge in [-0.2, -0.15) is 10.2 Å². The highest BCUT2D eigenvalue weighted by Crippen LogP contribution is 2.32. The number of halogens is 1. The van der Waals surface area contributed by atoms with Crippen LogP contribution in [0, 0.1) is 5.82 Å². The Bertz CT molecular complexity index is 1650. The van der Waals surface area contributed by atoms with Crippen molar-refractivity contribution in [2.75, 3.05) is 13.7 Å². The fourth-order valence-electron chi connectivity index (χ4n) is 4.60. The lowest BCUT2D eigenvalue weighted by Gasteiger charge is -2.13. The molecule has 0 fully saturated rings. The van der Waals surface area contributed by atoms with Crippen LogP contribution >= 0.6 is 0 Å². The fraction of sp³-hybridized carbons (Fsp3) is 0.300. The molecule has 1 aliphatic heterocycles. The van der Waals surface area contributed by atoms with Gasteiger partial charge in [-0.05, 0) is 61.7 Å². The lowest BCUT2D eigenvalue weighted by atomic mass is 10.0. The van der Waals surface area contributed by atoms with Crippen molar-refractivity contribution in [3.8, 4) is 22.8 Å². The second-order valence-electron chi connectivity index (χ2n) is 9.44. The van der Waals surface area contributed by atoms with E-state index in [1.807, 2.05) is 24.3 Å². The van der Waals surface area contributed by atoms with Gasteiger partial charge in [-0.15, -0.1) is 0 Å². The van der Waals surface area contributed by atoms with E-state index in [2.05, 4.69) is 22.5 Å². The molecule has 1 N–H and O–H groups in total. The number of fused-ring (bicyclic) bond motifs is 1. The summed E-state index contributed by atoms with van der Waals surface area (Å²) >= 11 is 0. The average Bonchev–Trinajstić information content (AvgIpc) is 2.98. The minimum atomic E-state index is -0.491. The number of carbonyl (C=O) groups excluding carboxylic acids is 1. The van der Waals surface area contributed by atoms with Gasteiger partial charge in [-0.1, -0.05) is 13.0 Å². The molecule has 9 nitrogen and oxygen atoms in total. The molecular weight excluding hydrogens is 513 g/mol. The summed E-state index contributed by atoms with van der Waals surface area (Å²) < 4.78 is 27.2. The van der Waals surface area contributed by atoms with E-state index in [0.717, 1.165) is 28.6 Å². The number of carbonyl (C=O) groups is 1. The number of aryl methyl sites for hydroxylation is 2. The summed E-state index contributed by atoms with van der Waals surface area (Å²) in [6.07, 6.45) is 2.83. The average molecular weight is 544 g/mol. The van der Waals surface area contributed by atoms with Crippen LogP contribution < -0.4 is 20.5 Å². The van der Waals surface area contributed by atoms with Crippen molar-refractivity contribution in [3.63, 3.8) is 0 Å². The molecule has 3 heterocycles. The van der Waals surface area contributed by atoms with Crippen molar-refractivity contribution in [1.82, 2.24) is 20.2 Å². The quantitative estimate of drug-likeness (QED) is 0.292. The summed E-state index contributed by atoms with van der Waals surface area (Å²) in [5, 5.41) is 9.51. The van der Waals surface area contributed by atoms with E-state index in [1.54, 1.807) is 25.3 Å². The summed E-state index contributed by atoms with van der Waals surface area (Å²) in [5.41, 5.74) is 6.72. The number of hydrazone groups is 1. The molecule has 2 aromatic carbocycles. The molecule has 4 aromatic rings. The van der Waals surface area contributed by atoms with Gasteiger partial charge < -0.3 is 9.47 Å². The number of nitrogens with one attached hydrogen (secondary N) is 1. The minimum Gasteiger partial charge on any atom is -0.494 e. The van der Waals surface area contributed by atoms with Crippen LogP contribution in [0.15, 0.2) is 64.5 Å². The molecule has 2 aromatic heterocycles. The molecule has 0 saturated carbocycles. The van der Waals surface area contributed by atoms with E-state index < -0.39 is 5.82 Å². The highest BCUT2D eigenvalue weighted by molar-refractivity contribution is 6.04. The number of rotatable bonds is 10. The number of hydrogen-bond donors (Lipinski definition) is 1. The Morgan fingerprint density at radius 3 is 2.60 bits per heavy atom. The van der Waals surface area contributed by atoms with Crippen LogP contribution in [0.25, 0.3) is 22.2 Å². The number of hydrogen-bond acceptors (Lipinski definition) is 7. The Morgan fingerprint density at radius 1 is 1.00 bits per heavy atom. The first-order chi connectivity index (χ1) is 19.5. The number of pyridine rings is 1. The van der Waals surface area contributed by atoms with Gasteiger partial charge in [0.05, 0.1) is 25.1 Å². The molecule has 40 heavy (non-hydrogen) atoms. The summed E-state index contributed by atoms with van der Waals surface area (Å²) in [6, 6.07) is 15.7. The van der Waals surface area contributed by atoms with E-state index in [-0.39, 0.29) is 23.8 Å². The maximum absolute atomic E-state index is 14.6. The predicted molar refractivity (Wildman–Crippen MR) is 150 cm³/mol. The van der Waals surface area contributed by atoms with Gasteiger partial charge in [0, 0.05) is 47.7 Å². The number of ether oxygens (including phenoxy) is 2. The van der Waals surface area contributed by atoms with E-state index >= 15 is 0 Å². The molecule has 0 unspecified atom stereocenters. The zero-order valence-corrected chi connectivity index (χ0v) is 22.4. The third kappa shape index (κ3) is 5.85. The Balaban J connectivity index is 1.22. The number of unbranched alkanes of at least 4 members (excludes halogenated alkanes) is 1. The topological polar surface area (TPSA) is 108 Å². The fourth-order valence-corrected chi connectivity index (χ4v) is 4.60. The smallest absolute Gasteiger partial charge is 0.266 e. The number of methoxy groups -OCH3 is 1. The molecule has 10 heteroatoms. The number of benzene rings is 2. The van der Waals surface area contributed by atoms with Crippen LogP contribution in [0.4, 0.5) is 4.39 Å². The molecular formula is C30H30FN5O4. The molecule has 0 bridgehead atoms. The van der Waals surface area contributed by atoms with E-state index in [9.17, 15) is 14.0 Å². The van der Waals surface area contributed by atoms with E-state index in [1.165, 1.54) is 16.8 Å². The molecule has 0 aliphatic carbocycles. The van der Waals surface area contributed by atoms with Gasteiger partial charge >= 0.3 is 0 Å². The Hall–Kier alpha value is -4.60. The summed E-state index contributed by atoms with van der Waals surface area (Å²) in [5.74, 6) is 0.192. The second kappa shape index (κ2) is 12.1. The van der Waals surface area contributed by atoms with Crippen LogP contribution in [0.5, 0.6) is 11.5 Å². The van der Waals surface area contributed by atoms with Crippen LogP contribution in [0.1, 0.15) is 43.9 Å². The van der Waals surface area contributed by atoms with Crippen LogP contribution in [0.2, 0.25) is 0 Å². The summed E-state index contributed by atoms with van der Waals surface area (Å²) in [6.45, 7) is 2.74. The zero-order chi connectivity index (χ0) is 28.1. The first-order valence-corrected chi connectivity index (χ1v) is 13.3. The SMILES string of the molecule is CCc1ccc2c(-c3ccc(=O)n(CCCCOc4ccc(C5=NNC(=O)CC5)cc4F)n3)ccc(OC)c2n1. The molecule has 0 radical (unpaired) electrons. The Kier molecular flexibility index (Phi) is 8.14. The number of aromatic nitrogens is 3. The highest BCUT2D eigenvalue weighted by Gasteiger charge is 2.16. The molecule has 0 spiro atoms. The van der Waals surface area contributed by atoms with Gasteiger partial charge in [0.25, 0.3) is 5.56 Å². The Labute approximate surface area is 230 Å². The van der Waals surface area contributed by atoms with Crippen LogP contribution in [-0.2, 0) is 17.8 Å². The molecule has 5 rings (SSSR count). The molecule has 206 valence electrons. The monoisotopic (exact) mass is 543 g/mol. The third-order valence-corrected chi connectivity index (χ3v) is 6.79. The molecule has 1 aliphatic rings. The van der Waals surface area contributed by atoms with E-state index in [4.69, 9.17) is 14.5 Å². The highest BCUT2D eigenvalue weighted by atomic mass is 19.1. The van der Waals surface area contributed by atoms with Gasteiger partial charge in [0.15, 0.2) is 11.6 Å². The van der Waals surface area contributed by atoms with Crippen molar-refractivity contribution in [2.24, 2.45) is 5.10 Å². The van der Waals surface area contributed by atoms with Crippen molar-refractivity contribution >= 4 is 22.5 Å². The number of nitrogens with zero attached hydrogens (tertiary/aromatic N) is 4. The van der Waals surface area contributed by atoms with Gasteiger partial charge in [-0.3, -0.25) is 9.59 Å². The van der Waals surface area contributed by atoms with Gasteiger partial charge in [0.1, 0.15) is 11.3 Å². The molecule has 0 saturated heterocycles. The predicted octanol–water partition coefficient (Wildman–Crippen LogP) is 4.64. The lowest BCUT2D eigenvalue weighted by molar-refractivity contribution is -0.121. The third-order valence-electron chi connectivity index (χ3n) is 6.79. The minimum absolute atomic E-state index is 0.146. The first-order valence-electron chi connectivity index (χ1n) is 13.3. The second-order valence-corrected chi connectivity index (χ2v) is 9.44. The van der Waals surface area contributed by atoms with Crippen molar-refractivity contribution in [3.05, 3.63) is 82.0 Å². The van der Waals surface area contributed by atoms with Crippen molar-refractivity contribution in [2.45, 2.75) is 45.6 Å². The van der Waals surface area contributed by atoms with Gasteiger partial charge in [0.2, 0.25) is 5.91 Å². The first kappa shape index (κ1) is 27.0. The standard InChI is InChI=1S/C30H30FN5O4/c1-3-20-7-8-22-21(9-13-27(39-2)30(22)32-20)25-11-15-29(38)36(35-25)16-4-5-17-40-26-12-6-19(18-23(26)31)24-10-14-28(37)34-33-24/h6-9,11-13,15,18H,3-5,10,14,16-17H2,1-2H3,(H,34,37). The summed E-state index contributed by atoms with van der Waals surface area (Å²) in [4.78, 5) is 28.5. The van der Waals surface area contributed by atoms with Gasteiger partial charge in [-0.25, -0.2) is 19.5 Å².